The van der Waals surface area contributed by atoms with Crippen molar-refractivity contribution in [2.45, 2.75) is 19.3 Å². The van der Waals surface area contributed by atoms with E-state index in [4.69, 9.17) is 5.11 Å². The van der Waals surface area contributed by atoms with Crippen LogP contribution < -0.4 is 0 Å². The van der Waals surface area contributed by atoms with Crippen LogP contribution in [0.2, 0.25) is 0 Å². The Bertz CT molecular complexity index is 490. The highest BCUT2D eigenvalue weighted by Crippen LogP contribution is 2.23. The lowest BCUT2D eigenvalue weighted by molar-refractivity contribution is -0.137. The van der Waals surface area contributed by atoms with Crippen molar-refractivity contribution in [2.24, 2.45) is 0 Å². The highest BCUT2D eigenvalue weighted by molar-refractivity contribution is 5.69. The van der Waals surface area contributed by atoms with E-state index in [1.54, 1.807) is 12.5 Å². The average Bonchev–Trinajstić information content (AvgIpc) is 2.63. The van der Waals surface area contributed by atoms with E-state index >= 15 is 0 Å². The van der Waals surface area contributed by atoms with Crippen molar-refractivity contribution in [3.8, 4) is 0 Å². The van der Waals surface area contributed by atoms with E-state index in [2.05, 4.69) is 4.98 Å². The van der Waals surface area contributed by atoms with Crippen molar-refractivity contribution in [1.29, 1.82) is 0 Å². The minimum atomic E-state index is -0.774. The molecule has 15 heavy (non-hydrogen) atoms. The number of carbonyl (C=O) groups is 1. The second-order valence-electron chi connectivity index (χ2n) is 3.65. The monoisotopic (exact) mass is 204 g/mol. The standard InChI is InChI=1S/C11H12N2O2/c1-8(5-11(14)15)9-3-2-4-13-7-12-6-10(9)13/h2-4,6-8H,5H2,1H3,(H,14,15). The summed E-state index contributed by atoms with van der Waals surface area (Å²) in [6.45, 7) is 1.91. The van der Waals surface area contributed by atoms with Crippen molar-refractivity contribution in [2.75, 3.05) is 0 Å². The highest BCUT2D eigenvalue weighted by atomic mass is 16.4. The fourth-order valence-corrected chi connectivity index (χ4v) is 1.76. The lowest BCUT2D eigenvalue weighted by atomic mass is 9.98. The molecule has 0 aromatic carbocycles. The van der Waals surface area contributed by atoms with E-state index in [0.717, 1.165) is 11.1 Å². The molecule has 0 spiro atoms. The first-order valence-corrected chi connectivity index (χ1v) is 4.81. The molecule has 0 aliphatic rings. The zero-order chi connectivity index (χ0) is 10.8. The molecule has 0 bridgehead atoms. The quantitative estimate of drug-likeness (QED) is 0.830. The van der Waals surface area contributed by atoms with E-state index < -0.39 is 5.97 Å². The Balaban J connectivity index is 2.42. The molecular weight excluding hydrogens is 192 g/mol. The second-order valence-corrected chi connectivity index (χ2v) is 3.65. The van der Waals surface area contributed by atoms with Gasteiger partial charge in [0.15, 0.2) is 0 Å². The Labute approximate surface area is 87.2 Å². The Kier molecular flexibility index (Phi) is 2.41. The average molecular weight is 204 g/mol. The molecule has 0 fully saturated rings. The van der Waals surface area contributed by atoms with Crippen LogP contribution in [0.4, 0.5) is 0 Å². The van der Waals surface area contributed by atoms with Gasteiger partial charge in [0, 0.05) is 6.20 Å². The molecule has 1 N–H and O–H groups in total. The van der Waals surface area contributed by atoms with Crippen LogP contribution in [0.3, 0.4) is 0 Å². The third-order valence-electron chi connectivity index (χ3n) is 2.50. The van der Waals surface area contributed by atoms with E-state index in [9.17, 15) is 4.79 Å². The molecule has 78 valence electrons. The second kappa shape index (κ2) is 3.73. The minimum absolute atomic E-state index is 0.00269. The molecule has 2 aromatic heterocycles. The maximum absolute atomic E-state index is 10.6. The van der Waals surface area contributed by atoms with Gasteiger partial charge in [-0.25, -0.2) is 4.98 Å². The summed E-state index contributed by atoms with van der Waals surface area (Å²) in [5, 5.41) is 8.75. The Hall–Kier alpha value is -1.84. The molecule has 4 heteroatoms. The van der Waals surface area contributed by atoms with Crippen molar-refractivity contribution in [3.63, 3.8) is 0 Å². The van der Waals surface area contributed by atoms with Gasteiger partial charge in [-0.1, -0.05) is 13.0 Å². The van der Waals surface area contributed by atoms with Crippen LogP contribution in [-0.4, -0.2) is 20.5 Å². The van der Waals surface area contributed by atoms with Crippen LogP contribution >= 0.6 is 0 Å². The Morgan fingerprint density at radius 3 is 3.20 bits per heavy atom. The molecule has 0 saturated carbocycles. The summed E-state index contributed by atoms with van der Waals surface area (Å²) < 4.78 is 1.90. The summed E-state index contributed by atoms with van der Waals surface area (Å²) in [6, 6.07) is 3.85. The fraction of sp³-hybridized carbons (Fsp3) is 0.273. The zero-order valence-electron chi connectivity index (χ0n) is 8.42. The predicted molar refractivity (Wildman–Crippen MR) is 55.9 cm³/mol. The molecule has 0 radical (unpaired) electrons. The van der Waals surface area contributed by atoms with Crippen molar-refractivity contribution < 1.29 is 9.90 Å². The molecule has 4 nitrogen and oxygen atoms in total. The number of rotatable bonds is 3. The minimum Gasteiger partial charge on any atom is -0.481 e. The number of carboxylic acid groups (broad SMARTS) is 1. The van der Waals surface area contributed by atoms with Crippen LogP contribution in [0, 0.1) is 0 Å². The van der Waals surface area contributed by atoms with Gasteiger partial charge in [-0.2, -0.15) is 0 Å². The fourth-order valence-electron chi connectivity index (χ4n) is 1.76. The first kappa shape index (κ1) is 9.71. The van der Waals surface area contributed by atoms with Crippen molar-refractivity contribution in [3.05, 3.63) is 36.4 Å². The van der Waals surface area contributed by atoms with Gasteiger partial charge in [-0.3, -0.25) is 4.79 Å². The van der Waals surface area contributed by atoms with E-state index in [1.165, 1.54) is 0 Å². The van der Waals surface area contributed by atoms with Gasteiger partial charge in [-0.05, 0) is 17.5 Å². The summed E-state index contributed by atoms with van der Waals surface area (Å²) in [5.74, 6) is -0.771. The topological polar surface area (TPSA) is 54.6 Å². The van der Waals surface area contributed by atoms with Gasteiger partial charge in [0.1, 0.15) is 0 Å². The molecule has 0 saturated heterocycles. The zero-order valence-corrected chi connectivity index (χ0v) is 8.42. The Morgan fingerprint density at radius 1 is 1.67 bits per heavy atom. The van der Waals surface area contributed by atoms with Crippen molar-refractivity contribution in [1.82, 2.24) is 9.38 Å². The summed E-state index contributed by atoms with van der Waals surface area (Å²) in [4.78, 5) is 14.7. The van der Waals surface area contributed by atoms with E-state index in [-0.39, 0.29) is 12.3 Å². The van der Waals surface area contributed by atoms with Gasteiger partial charge in [0.2, 0.25) is 0 Å². The number of imidazole rings is 1. The molecule has 0 aliphatic heterocycles. The van der Waals surface area contributed by atoms with Gasteiger partial charge < -0.3 is 9.51 Å². The summed E-state index contributed by atoms with van der Waals surface area (Å²) in [7, 11) is 0. The van der Waals surface area contributed by atoms with Gasteiger partial charge >= 0.3 is 5.97 Å². The first-order valence-electron chi connectivity index (χ1n) is 4.81. The van der Waals surface area contributed by atoms with Crippen LogP contribution in [0.5, 0.6) is 0 Å². The van der Waals surface area contributed by atoms with E-state index in [0.29, 0.717) is 0 Å². The number of fused-ring (bicyclic) bond motifs is 1. The number of hydrogen-bond donors (Lipinski definition) is 1. The summed E-state index contributed by atoms with van der Waals surface area (Å²) in [6.07, 6.45) is 5.52. The van der Waals surface area contributed by atoms with Crippen molar-refractivity contribution >= 4 is 11.5 Å². The molecule has 2 aromatic rings. The molecule has 2 heterocycles. The maximum atomic E-state index is 10.6. The smallest absolute Gasteiger partial charge is 0.303 e. The number of aliphatic carboxylic acids is 1. The number of nitrogens with zero attached hydrogens (tertiary/aromatic N) is 2. The van der Waals surface area contributed by atoms with Crippen LogP contribution in [0.1, 0.15) is 24.8 Å². The summed E-state index contributed by atoms with van der Waals surface area (Å²) >= 11 is 0. The summed E-state index contributed by atoms with van der Waals surface area (Å²) in [5.41, 5.74) is 2.00. The van der Waals surface area contributed by atoms with Gasteiger partial charge in [0.25, 0.3) is 0 Å². The van der Waals surface area contributed by atoms with Crippen LogP contribution in [0.15, 0.2) is 30.9 Å². The number of pyridine rings is 1. The lowest BCUT2D eigenvalue weighted by Crippen LogP contribution is -2.04. The highest BCUT2D eigenvalue weighted by Gasteiger charge is 2.13. The lowest BCUT2D eigenvalue weighted by Gasteiger charge is -2.10. The Morgan fingerprint density at radius 2 is 2.47 bits per heavy atom. The molecular formula is C11H12N2O2. The number of aromatic nitrogens is 2. The van der Waals surface area contributed by atoms with Crippen LogP contribution in [-0.2, 0) is 4.79 Å². The largest absolute Gasteiger partial charge is 0.481 e. The molecule has 2 rings (SSSR count). The molecule has 0 aliphatic carbocycles. The van der Waals surface area contributed by atoms with Gasteiger partial charge in [-0.15, -0.1) is 0 Å². The third kappa shape index (κ3) is 1.83. The van der Waals surface area contributed by atoms with Crippen LogP contribution in [0.25, 0.3) is 5.52 Å². The maximum Gasteiger partial charge on any atom is 0.303 e. The first-order chi connectivity index (χ1) is 7.18. The normalized spacial score (nSPS) is 12.9. The molecule has 0 amide bonds. The van der Waals surface area contributed by atoms with E-state index in [1.807, 2.05) is 29.7 Å². The third-order valence-corrected chi connectivity index (χ3v) is 2.50. The predicted octanol–water partition coefficient (Wildman–Crippen LogP) is 1.91. The number of hydrogen-bond acceptors (Lipinski definition) is 2. The molecule has 1 unspecified atom stereocenters. The molecule has 1 atom stereocenters. The van der Waals surface area contributed by atoms with Gasteiger partial charge in [0.05, 0.1) is 24.5 Å². The SMILES string of the molecule is CC(CC(=O)O)c1cccn2cncc12. The number of carboxylic acids is 1.